The summed E-state index contributed by atoms with van der Waals surface area (Å²) in [6.45, 7) is 5.25. The minimum absolute atomic E-state index is 0.231. The van der Waals surface area contributed by atoms with Crippen molar-refractivity contribution in [2.24, 2.45) is 0 Å². The Balaban J connectivity index is 2.12. The van der Waals surface area contributed by atoms with Crippen molar-refractivity contribution in [3.8, 4) is 0 Å². The van der Waals surface area contributed by atoms with Crippen LogP contribution in [0.3, 0.4) is 0 Å². The first kappa shape index (κ1) is 11.3. The first-order chi connectivity index (χ1) is 8.09. The van der Waals surface area contributed by atoms with Crippen molar-refractivity contribution in [3.05, 3.63) is 29.2 Å². The number of hydrogen-bond donors (Lipinski definition) is 2. The number of carbonyl (C=O) groups excluding carboxylic acids is 1. The maximum atomic E-state index is 12.0. The number of aromatic amines is 1. The van der Waals surface area contributed by atoms with E-state index in [9.17, 15) is 4.79 Å². The van der Waals surface area contributed by atoms with E-state index in [0.29, 0.717) is 22.8 Å². The monoisotopic (exact) mass is 235 g/mol. The standard InChI is InChI=1S/C10H13N5O2/c1-5-8(7(3)17-15-5)10(16)13-6(2)9-11-4-12-14-9/h4,6H,1-3H3,(H,13,16)(H,11,12,14). The van der Waals surface area contributed by atoms with Gasteiger partial charge in [-0.05, 0) is 20.8 Å². The summed E-state index contributed by atoms with van der Waals surface area (Å²) >= 11 is 0. The van der Waals surface area contributed by atoms with E-state index in [1.807, 2.05) is 6.92 Å². The number of H-pyrrole nitrogens is 1. The van der Waals surface area contributed by atoms with Gasteiger partial charge in [0.25, 0.3) is 5.91 Å². The first-order valence-corrected chi connectivity index (χ1v) is 5.18. The molecule has 0 saturated carbocycles. The number of hydrogen-bond acceptors (Lipinski definition) is 5. The number of aryl methyl sites for hydroxylation is 2. The Morgan fingerprint density at radius 2 is 2.29 bits per heavy atom. The lowest BCUT2D eigenvalue weighted by Crippen LogP contribution is -2.28. The molecule has 0 bridgehead atoms. The second-order valence-corrected chi connectivity index (χ2v) is 3.77. The largest absolute Gasteiger partial charge is 0.361 e. The maximum Gasteiger partial charge on any atom is 0.257 e. The number of nitrogens with one attached hydrogen (secondary N) is 2. The molecule has 1 amide bonds. The molecule has 0 spiro atoms. The fourth-order valence-electron chi connectivity index (χ4n) is 1.57. The van der Waals surface area contributed by atoms with Gasteiger partial charge in [0.1, 0.15) is 23.5 Å². The highest BCUT2D eigenvalue weighted by Gasteiger charge is 2.20. The fourth-order valence-corrected chi connectivity index (χ4v) is 1.57. The van der Waals surface area contributed by atoms with Crippen molar-refractivity contribution in [1.82, 2.24) is 25.7 Å². The lowest BCUT2D eigenvalue weighted by molar-refractivity contribution is 0.0936. The SMILES string of the molecule is Cc1noc(C)c1C(=O)NC(C)c1ncn[nH]1. The zero-order chi connectivity index (χ0) is 12.4. The second kappa shape index (κ2) is 4.36. The van der Waals surface area contributed by atoms with E-state index in [2.05, 4.69) is 25.7 Å². The van der Waals surface area contributed by atoms with Gasteiger partial charge in [-0.3, -0.25) is 9.89 Å². The average molecular weight is 235 g/mol. The molecule has 0 saturated heterocycles. The quantitative estimate of drug-likeness (QED) is 0.823. The molecule has 7 heteroatoms. The van der Waals surface area contributed by atoms with Crippen molar-refractivity contribution in [3.63, 3.8) is 0 Å². The fraction of sp³-hybridized carbons (Fsp3) is 0.400. The van der Waals surface area contributed by atoms with Crippen molar-refractivity contribution >= 4 is 5.91 Å². The summed E-state index contributed by atoms with van der Waals surface area (Å²) in [5, 5.41) is 13.0. The highest BCUT2D eigenvalue weighted by molar-refractivity contribution is 5.96. The van der Waals surface area contributed by atoms with Crippen molar-refractivity contribution in [2.75, 3.05) is 0 Å². The highest BCUT2D eigenvalue weighted by atomic mass is 16.5. The third kappa shape index (κ3) is 2.17. The van der Waals surface area contributed by atoms with Gasteiger partial charge in [-0.1, -0.05) is 5.16 Å². The smallest absolute Gasteiger partial charge is 0.257 e. The molecule has 0 radical (unpaired) electrons. The summed E-state index contributed by atoms with van der Waals surface area (Å²) in [4.78, 5) is 16.0. The first-order valence-electron chi connectivity index (χ1n) is 5.18. The zero-order valence-corrected chi connectivity index (χ0v) is 9.81. The molecule has 7 nitrogen and oxygen atoms in total. The summed E-state index contributed by atoms with van der Waals surface area (Å²) in [6.07, 6.45) is 1.40. The van der Waals surface area contributed by atoms with Crippen LogP contribution in [0, 0.1) is 13.8 Å². The minimum atomic E-state index is -0.251. The predicted octanol–water partition coefficient (Wildman–Crippen LogP) is 0.901. The summed E-state index contributed by atoms with van der Waals surface area (Å²) in [5.41, 5.74) is 1.04. The zero-order valence-electron chi connectivity index (χ0n) is 9.81. The number of nitrogens with zero attached hydrogens (tertiary/aromatic N) is 3. The Labute approximate surface area is 97.6 Å². The lowest BCUT2D eigenvalue weighted by atomic mass is 10.2. The van der Waals surface area contributed by atoms with Gasteiger partial charge < -0.3 is 9.84 Å². The molecule has 2 rings (SSSR count). The van der Waals surface area contributed by atoms with Crippen LogP contribution in [0.25, 0.3) is 0 Å². The van der Waals surface area contributed by atoms with Crippen LogP contribution in [0.2, 0.25) is 0 Å². The summed E-state index contributed by atoms with van der Waals surface area (Å²) in [7, 11) is 0. The van der Waals surface area contributed by atoms with Crippen LogP contribution in [0.15, 0.2) is 10.9 Å². The molecule has 2 aromatic rings. The Morgan fingerprint density at radius 1 is 1.53 bits per heavy atom. The van der Waals surface area contributed by atoms with E-state index in [4.69, 9.17) is 4.52 Å². The van der Waals surface area contributed by atoms with E-state index >= 15 is 0 Å². The van der Waals surface area contributed by atoms with E-state index in [1.54, 1.807) is 13.8 Å². The third-order valence-corrected chi connectivity index (χ3v) is 2.45. The van der Waals surface area contributed by atoms with Gasteiger partial charge in [0.05, 0.1) is 11.7 Å². The molecule has 0 aliphatic carbocycles. The molecule has 90 valence electrons. The average Bonchev–Trinajstić information content (AvgIpc) is 2.88. The van der Waals surface area contributed by atoms with Gasteiger partial charge in [0, 0.05) is 0 Å². The van der Waals surface area contributed by atoms with Crippen LogP contribution in [-0.2, 0) is 0 Å². The summed E-state index contributed by atoms with van der Waals surface area (Å²) in [5.74, 6) is 0.875. The molecule has 2 N–H and O–H groups in total. The second-order valence-electron chi connectivity index (χ2n) is 3.77. The summed E-state index contributed by atoms with van der Waals surface area (Å²) < 4.78 is 4.94. The molecule has 17 heavy (non-hydrogen) atoms. The van der Waals surface area contributed by atoms with Gasteiger partial charge in [-0.2, -0.15) is 5.10 Å². The third-order valence-electron chi connectivity index (χ3n) is 2.45. The van der Waals surface area contributed by atoms with Crippen LogP contribution in [0.5, 0.6) is 0 Å². The number of aromatic nitrogens is 4. The maximum absolute atomic E-state index is 12.0. The van der Waals surface area contributed by atoms with Gasteiger partial charge >= 0.3 is 0 Å². The Hall–Kier alpha value is -2.18. The molecule has 0 fully saturated rings. The number of rotatable bonds is 3. The van der Waals surface area contributed by atoms with Crippen LogP contribution >= 0.6 is 0 Å². The van der Waals surface area contributed by atoms with E-state index in [-0.39, 0.29) is 11.9 Å². The Morgan fingerprint density at radius 3 is 2.82 bits per heavy atom. The molecule has 2 aromatic heterocycles. The molecule has 0 aromatic carbocycles. The Bertz CT molecular complexity index is 497. The van der Waals surface area contributed by atoms with Crippen molar-refractivity contribution in [2.45, 2.75) is 26.8 Å². The van der Waals surface area contributed by atoms with Gasteiger partial charge in [-0.15, -0.1) is 0 Å². The number of carbonyl (C=O) groups is 1. The van der Waals surface area contributed by atoms with Gasteiger partial charge in [0.2, 0.25) is 0 Å². The van der Waals surface area contributed by atoms with E-state index in [0.717, 1.165) is 0 Å². The van der Waals surface area contributed by atoms with Gasteiger partial charge in [-0.25, -0.2) is 4.98 Å². The normalized spacial score (nSPS) is 12.4. The van der Waals surface area contributed by atoms with Crippen LogP contribution in [0.4, 0.5) is 0 Å². The minimum Gasteiger partial charge on any atom is -0.361 e. The molecule has 1 atom stereocenters. The van der Waals surface area contributed by atoms with Crippen LogP contribution in [-0.4, -0.2) is 26.2 Å². The van der Waals surface area contributed by atoms with Crippen LogP contribution < -0.4 is 5.32 Å². The Kier molecular flexibility index (Phi) is 2.90. The predicted molar refractivity (Wildman–Crippen MR) is 58.2 cm³/mol. The van der Waals surface area contributed by atoms with Crippen molar-refractivity contribution < 1.29 is 9.32 Å². The summed E-state index contributed by atoms with van der Waals surface area (Å²) in [6, 6.07) is -0.251. The molecular formula is C10H13N5O2. The lowest BCUT2D eigenvalue weighted by Gasteiger charge is -2.10. The molecule has 0 aliphatic rings. The highest BCUT2D eigenvalue weighted by Crippen LogP contribution is 2.14. The van der Waals surface area contributed by atoms with E-state index < -0.39 is 0 Å². The molecule has 1 unspecified atom stereocenters. The number of amides is 1. The van der Waals surface area contributed by atoms with E-state index in [1.165, 1.54) is 6.33 Å². The van der Waals surface area contributed by atoms with Gasteiger partial charge in [0.15, 0.2) is 0 Å². The molecular weight excluding hydrogens is 222 g/mol. The van der Waals surface area contributed by atoms with Crippen LogP contribution in [0.1, 0.15) is 40.6 Å². The molecule has 2 heterocycles. The molecule has 0 aliphatic heterocycles. The topological polar surface area (TPSA) is 96.7 Å². The van der Waals surface area contributed by atoms with Crippen molar-refractivity contribution in [1.29, 1.82) is 0 Å².